The third-order valence-electron chi connectivity index (χ3n) is 3.92. The molecule has 0 bridgehead atoms. The maximum atomic E-state index is 10.7. The van der Waals surface area contributed by atoms with E-state index in [4.69, 9.17) is 0 Å². The number of piperidine rings is 1. The quantitative estimate of drug-likeness (QED) is 0.886. The topological polar surface area (TPSA) is 39.6 Å². The summed E-state index contributed by atoms with van der Waals surface area (Å²) >= 11 is 0. The van der Waals surface area contributed by atoms with Crippen molar-refractivity contribution in [1.82, 2.24) is 14.8 Å². The zero-order chi connectivity index (χ0) is 14.6. The van der Waals surface area contributed by atoms with E-state index in [2.05, 4.69) is 33.8 Å². The number of rotatable bonds is 5. The molecule has 4 nitrogen and oxygen atoms in total. The van der Waals surface area contributed by atoms with Crippen LogP contribution in [0.3, 0.4) is 0 Å². The van der Waals surface area contributed by atoms with Crippen molar-refractivity contribution in [2.75, 3.05) is 33.7 Å². The van der Waals surface area contributed by atoms with Crippen LogP contribution in [0.5, 0.6) is 0 Å². The molecule has 1 aromatic rings. The number of likely N-dealkylation sites (N-methyl/N-ethyl adjacent to an activating group) is 1. The maximum Gasteiger partial charge on any atom is 0.0900 e. The van der Waals surface area contributed by atoms with Crippen LogP contribution in [0.2, 0.25) is 0 Å². The number of hydrogen-bond donors (Lipinski definition) is 1. The molecule has 1 fully saturated rings. The van der Waals surface area contributed by atoms with Gasteiger partial charge in [0.25, 0.3) is 0 Å². The minimum Gasteiger partial charge on any atom is -0.387 e. The van der Waals surface area contributed by atoms with Crippen LogP contribution >= 0.6 is 0 Å². The molecule has 0 amide bonds. The summed E-state index contributed by atoms with van der Waals surface area (Å²) in [6.45, 7) is 5.49. The highest BCUT2D eigenvalue weighted by Gasteiger charge is 2.33. The van der Waals surface area contributed by atoms with Crippen LogP contribution in [-0.4, -0.2) is 59.2 Å². The fourth-order valence-corrected chi connectivity index (χ4v) is 3.05. The van der Waals surface area contributed by atoms with Gasteiger partial charge >= 0.3 is 0 Å². The number of likely N-dealkylation sites (tertiary alicyclic amines) is 1. The van der Waals surface area contributed by atoms with E-state index < -0.39 is 5.60 Å². The predicted molar refractivity (Wildman–Crippen MR) is 81.6 cm³/mol. The van der Waals surface area contributed by atoms with Crippen molar-refractivity contribution in [2.24, 2.45) is 0 Å². The summed E-state index contributed by atoms with van der Waals surface area (Å²) in [6.07, 6.45) is 4.94. The zero-order valence-corrected chi connectivity index (χ0v) is 13.0. The second-order valence-electron chi connectivity index (χ2n) is 6.29. The van der Waals surface area contributed by atoms with E-state index in [0.29, 0.717) is 0 Å². The van der Waals surface area contributed by atoms with Crippen molar-refractivity contribution < 1.29 is 5.11 Å². The molecule has 4 heteroatoms. The highest BCUT2D eigenvalue weighted by molar-refractivity contribution is 5.14. The van der Waals surface area contributed by atoms with E-state index in [9.17, 15) is 5.11 Å². The van der Waals surface area contributed by atoms with Gasteiger partial charge < -0.3 is 10.0 Å². The Hall–Kier alpha value is -0.970. The first-order chi connectivity index (χ1) is 9.50. The van der Waals surface area contributed by atoms with Gasteiger partial charge in [-0.05, 0) is 51.5 Å². The molecule has 1 aromatic heterocycles. The molecule has 0 aliphatic carbocycles. The second kappa shape index (κ2) is 6.66. The number of nitrogens with zero attached hydrogens (tertiary/aromatic N) is 3. The Balaban J connectivity index is 1.95. The summed E-state index contributed by atoms with van der Waals surface area (Å²) in [6, 6.07) is 4.26. The van der Waals surface area contributed by atoms with Crippen LogP contribution in [-0.2, 0) is 13.0 Å². The summed E-state index contributed by atoms with van der Waals surface area (Å²) in [5, 5.41) is 10.7. The number of hydrogen-bond acceptors (Lipinski definition) is 4. The first kappa shape index (κ1) is 15.4. The smallest absolute Gasteiger partial charge is 0.0900 e. The van der Waals surface area contributed by atoms with Gasteiger partial charge in [0.15, 0.2) is 0 Å². The van der Waals surface area contributed by atoms with Gasteiger partial charge in [-0.15, -0.1) is 0 Å². The van der Waals surface area contributed by atoms with Gasteiger partial charge in [0.1, 0.15) is 0 Å². The van der Waals surface area contributed by atoms with Gasteiger partial charge in [-0.25, -0.2) is 0 Å². The van der Waals surface area contributed by atoms with Crippen LogP contribution in [0.4, 0.5) is 0 Å². The summed E-state index contributed by atoms with van der Waals surface area (Å²) in [4.78, 5) is 8.91. The fourth-order valence-electron chi connectivity index (χ4n) is 3.05. The highest BCUT2D eigenvalue weighted by Crippen LogP contribution is 2.23. The van der Waals surface area contributed by atoms with Crippen LogP contribution in [0, 0.1) is 0 Å². The van der Waals surface area contributed by atoms with Crippen molar-refractivity contribution in [2.45, 2.75) is 38.3 Å². The monoisotopic (exact) mass is 277 g/mol. The molecule has 0 saturated carbocycles. The van der Waals surface area contributed by atoms with Crippen molar-refractivity contribution in [3.63, 3.8) is 0 Å². The van der Waals surface area contributed by atoms with Crippen LogP contribution in [0.15, 0.2) is 18.3 Å². The number of pyridine rings is 1. The predicted octanol–water partition coefficient (Wildman–Crippen LogP) is 1.53. The Bertz CT molecular complexity index is 418. The first-order valence-corrected chi connectivity index (χ1v) is 7.54. The average Bonchev–Trinajstić information content (AvgIpc) is 2.38. The maximum absolute atomic E-state index is 10.7. The minimum atomic E-state index is -0.578. The van der Waals surface area contributed by atoms with Gasteiger partial charge in [-0.2, -0.15) is 0 Å². The van der Waals surface area contributed by atoms with Crippen LogP contribution in [0.1, 0.15) is 31.0 Å². The molecular weight excluding hydrogens is 250 g/mol. The van der Waals surface area contributed by atoms with E-state index in [1.165, 1.54) is 5.56 Å². The Morgan fingerprint density at radius 2 is 2.20 bits per heavy atom. The molecule has 0 aromatic carbocycles. The lowest BCUT2D eigenvalue weighted by atomic mass is 9.92. The fraction of sp³-hybridized carbons (Fsp3) is 0.688. The minimum absolute atomic E-state index is 0.578. The molecule has 0 spiro atoms. The Kier molecular flexibility index (Phi) is 5.13. The number of β-amino-alcohol motifs (C(OH)–C–C–N with tert-alkyl or cyclic N) is 1. The van der Waals surface area contributed by atoms with Crippen molar-refractivity contribution in [3.05, 3.63) is 29.6 Å². The third kappa shape index (κ3) is 4.27. The van der Waals surface area contributed by atoms with Crippen molar-refractivity contribution in [1.29, 1.82) is 0 Å². The normalized spacial score (nSPS) is 24.2. The van der Waals surface area contributed by atoms with Gasteiger partial charge in [-0.1, -0.05) is 13.0 Å². The first-order valence-electron chi connectivity index (χ1n) is 7.54. The highest BCUT2D eigenvalue weighted by atomic mass is 16.3. The molecular formula is C16H27N3O. The van der Waals surface area contributed by atoms with Crippen LogP contribution in [0.25, 0.3) is 0 Å². The molecule has 1 N–H and O–H groups in total. The molecule has 2 rings (SSSR count). The Morgan fingerprint density at radius 3 is 2.80 bits per heavy atom. The van der Waals surface area contributed by atoms with E-state index in [1.54, 1.807) is 0 Å². The molecule has 1 aliphatic rings. The molecule has 20 heavy (non-hydrogen) atoms. The molecule has 1 saturated heterocycles. The number of aromatic nitrogens is 1. The standard InChI is InChI=1S/C16H27N3O/c1-4-14-6-7-15(17-10-14)11-19-9-5-8-16(20,13-19)12-18(2)3/h6-7,10,20H,4-5,8-9,11-13H2,1-3H3. The lowest BCUT2D eigenvalue weighted by Gasteiger charge is -2.40. The lowest BCUT2D eigenvalue weighted by Crippen LogP contribution is -2.52. The van der Waals surface area contributed by atoms with Gasteiger partial charge in [0, 0.05) is 25.8 Å². The van der Waals surface area contributed by atoms with Crippen molar-refractivity contribution in [3.8, 4) is 0 Å². The SMILES string of the molecule is CCc1ccc(CN2CCCC(O)(CN(C)C)C2)nc1. The second-order valence-corrected chi connectivity index (χ2v) is 6.29. The molecule has 1 aliphatic heterocycles. The van der Waals surface area contributed by atoms with Gasteiger partial charge in [-0.3, -0.25) is 9.88 Å². The number of aliphatic hydroxyl groups is 1. The average molecular weight is 277 g/mol. The summed E-state index contributed by atoms with van der Waals surface area (Å²) in [5.41, 5.74) is 1.79. The third-order valence-corrected chi connectivity index (χ3v) is 3.92. The van der Waals surface area contributed by atoms with E-state index in [-0.39, 0.29) is 0 Å². The number of aryl methyl sites for hydroxylation is 1. The molecule has 112 valence electrons. The molecule has 0 radical (unpaired) electrons. The summed E-state index contributed by atoms with van der Waals surface area (Å²) < 4.78 is 0. The summed E-state index contributed by atoms with van der Waals surface area (Å²) in [7, 11) is 4.03. The van der Waals surface area contributed by atoms with Gasteiger partial charge in [0.2, 0.25) is 0 Å². The Labute approximate surface area is 122 Å². The molecule has 1 atom stereocenters. The van der Waals surface area contributed by atoms with Crippen molar-refractivity contribution >= 4 is 0 Å². The molecule has 1 unspecified atom stereocenters. The van der Waals surface area contributed by atoms with E-state index >= 15 is 0 Å². The lowest BCUT2D eigenvalue weighted by molar-refractivity contribution is -0.0482. The van der Waals surface area contributed by atoms with E-state index in [0.717, 1.165) is 51.1 Å². The Morgan fingerprint density at radius 1 is 1.40 bits per heavy atom. The summed E-state index contributed by atoms with van der Waals surface area (Å²) in [5.74, 6) is 0. The largest absolute Gasteiger partial charge is 0.387 e. The van der Waals surface area contributed by atoms with Gasteiger partial charge in [0.05, 0.1) is 11.3 Å². The zero-order valence-electron chi connectivity index (χ0n) is 13.0. The van der Waals surface area contributed by atoms with E-state index in [1.807, 2.05) is 20.3 Å². The van der Waals surface area contributed by atoms with Crippen LogP contribution < -0.4 is 0 Å². The molecule has 2 heterocycles.